The van der Waals surface area contributed by atoms with Crippen LogP contribution in [0.1, 0.15) is 43.2 Å². The van der Waals surface area contributed by atoms with Crippen LogP contribution in [0.5, 0.6) is 5.75 Å². The summed E-state index contributed by atoms with van der Waals surface area (Å²) in [4.78, 5) is 41.8. The first-order valence-corrected chi connectivity index (χ1v) is 12.8. The molecular formula is C30H31N3O4. The Hall–Kier alpha value is -4.13. The molecule has 3 aromatic rings. The van der Waals surface area contributed by atoms with Crippen molar-refractivity contribution >= 4 is 23.5 Å². The Morgan fingerprint density at radius 3 is 2.19 bits per heavy atom. The Morgan fingerprint density at radius 1 is 0.865 bits per heavy atom. The molecule has 190 valence electrons. The molecule has 3 aromatic carbocycles. The number of amides is 4. The first kappa shape index (κ1) is 24.6. The van der Waals surface area contributed by atoms with E-state index in [1.807, 2.05) is 84.9 Å². The number of benzene rings is 3. The van der Waals surface area contributed by atoms with Gasteiger partial charge in [0.05, 0.1) is 6.54 Å². The minimum Gasteiger partial charge on any atom is -0.489 e. The van der Waals surface area contributed by atoms with Gasteiger partial charge in [0, 0.05) is 18.7 Å². The number of ether oxygens (including phenoxy) is 1. The Labute approximate surface area is 217 Å². The third-order valence-corrected chi connectivity index (χ3v) is 7.13. The number of hydrogen-bond acceptors (Lipinski definition) is 4. The Bertz CT molecular complexity index is 1240. The maximum Gasteiger partial charge on any atom is 0.325 e. The normalized spacial score (nSPS) is 16.2. The highest BCUT2D eigenvalue weighted by Gasteiger charge is 2.52. The lowest BCUT2D eigenvalue weighted by atomic mass is 9.98. The zero-order valence-electron chi connectivity index (χ0n) is 20.8. The standard InChI is InChI=1S/C30H31N3O4/c34-27(17-20-32-28(35)30(31-29(32)36)18-7-8-19-30)33(25-11-5-2-6-12-25)21-23-13-15-26(16-14-23)37-22-24-9-3-1-4-10-24/h1-6,9-16H,7-8,17-22H2,(H,31,36). The van der Waals surface area contributed by atoms with Gasteiger partial charge in [0.1, 0.15) is 17.9 Å². The van der Waals surface area contributed by atoms with E-state index in [2.05, 4.69) is 5.32 Å². The van der Waals surface area contributed by atoms with Gasteiger partial charge in [-0.3, -0.25) is 14.5 Å². The van der Waals surface area contributed by atoms with E-state index < -0.39 is 11.6 Å². The molecule has 37 heavy (non-hydrogen) atoms. The average molecular weight is 498 g/mol. The first-order valence-electron chi connectivity index (χ1n) is 12.8. The quantitative estimate of drug-likeness (QED) is 0.420. The summed E-state index contributed by atoms with van der Waals surface area (Å²) in [6, 6.07) is 26.7. The number of nitrogens with zero attached hydrogens (tertiary/aromatic N) is 2. The topological polar surface area (TPSA) is 79.0 Å². The molecule has 0 atom stereocenters. The third kappa shape index (κ3) is 5.50. The Morgan fingerprint density at radius 2 is 1.51 bits per heavy atom. The lowest BCUT2D eigenvalue weighted by Crippen LogP contribution is -2.44. The van der Waals surface area contributed by atoms with Crippen LogP contribution in [0.4, 0.5) is 10.5 Å². The van der Waals surface area contributed by atoms with Crippen LogP contribution in [0.15, 0.2) is 84.9 Å². The average Bonchev–Trinajstić information content (AvgIpc) is 3.50. The van der Waals surface area contributed by atoms with Gasteiger partial charge in [-0.25, -0.2) is 4.79 Å². The number of nitrogens with one attached hydrogen (secondary N) is 1. The largest absolute Gasteiger partial charge is 0.489 e. The lowest BCUT2D eigenvalue weighted by Gasteiger charge is -2.24. The van der Waals surface area contributed by atoms with Crippen molar-refractivity contribution < 1.29 is 19.1 Å². The van der Waals surface area contributed by atoms with Crippen LogP contribution in [0, 0.1) is 0 Å². The van der Waals surface area contributed by atoms with Crippen molar-refractivity contribution in [3.63, 3.8) is 0 Å². The Balaban J connectivity index is 1.24. The van der Waals surface area contributed by atoms with Crippen LogP contribution >= 0.6 is 0 Å². The van der Waals surface area contributed by atoms with Crippen LogP contribution in [-0.2, 0) is 22.7 Å². The number of hydrogen-bond donors (Lipinski definition) is 1. The summed E-state index contributed by atoms with van der Waals surface area (Å²) < 4.78 is 5.88. The molecule has 1 aliphatic heterocycles. The molecule has 5 rings (SSSR count). The van der Waals surface area contributed by atoms with Gasteiger partial charge in [0.2, 0.25) is 5.91 Å². The number of anilines is 1. The molecule has 0 bridgehead atoms. The summed E-state index contributed by atoms with van der Waals surface area (Å²) in [5, 5.41) is 2.88. The van der Waals surface area contributed by atoms with E-state index in [1.165, 1.54) is 4.90 Å². The maximum atomic E-state index is 13.4. The lowest BCUT2D eigenvalue weighted by molar-refractivity contribution is -0.131. The molecule has 0 unspecified atom stereocenters. The number of rotatable bonds is 9. The van der Waals surface area contributed by atoms with Crippen molar-refractivity contribution in [3.8, 4) is 5.75 Å². The molecule has 1 saturated heterocycles. The second-order valence-electron chi connectivity index (χ2n) is 9.66. The third-order valence-electron chi connectivity index (χ3n) is 7.13. The van der Waals surface area contributed by atoms with Gasteiger partial charge in [0.15, 0.2) is 0 Å². The van der Waals surface area contributed by atoms with Crippen LogP contribution in [0.25, 0.3) is 0 Å². The first-order chi connectivity index (χ1) is 18.0. The minimum atomic E-state index is -0.760. The van der Waals surface area contributed by atoms with E-state index in [1.54, 1.807) is 4.90 Å². The van der Waals surface area contributed by atoms with Crippen molar-refractivity contribution in [2.24, 2.45) is 0 Å². The SMILES string of the molecule is O=C1NC2(CCCC2)C(=O)N1CCC(=O)N(Cc1ccc(OCc2ccccc2)cc1)c1ccccc1. The zero-order chi connectivity index (χ0) is 25.7. The van der Waals surface area contributed by atoms with E-state index in [9.17, 15) is 14.4 Å². The number of imide groups is 1. The number of para-hydroxylation sites is 1. The molecule has 7 heteroatoms. The molecule has 0 aromatic heterocycles. The zero-order valence-corrected chi connectivity index (χ0v) is 20.8. The van der Waals surface area contributed by atoms with Gasteiger partial charge >= 0.3 is 6.03 Å². The van der Waals surface area contributed by atoms with Crippen LogP contribution in [0.2, 0.25) is 0 Å². The minimum absolute atomic E-state index is 0.0579. The van der Waals surface area contributed by atoms with Gasteiger partial charge in [-0.15, -0.1) is 0 Å². The number of carbonyl (C=O) groups excluding carboxylic acids is 3. The van der Waals surface area contributed by atoms with E-state index in [0.29, 0.717) is 26.0 Å². The fourth-order valence-corrected chi connectivity index (χ4v) is 5.09. The van der Waals surface area contributed by atoms with E-state index >= 15 is 0 Å². The summed E-state index contributed by atoms with van der Waals surface area (Å²) in [6.07, 6.45) is 3.25. The predicted octanol–water partition coefficient (Wildman–Crippen LogP) is 5.05. The molecule has 1 spiro atoms. The molecule has 1 N–H and O–H groups in total. The number of carbonyl (C=O) groups is 3. The van der Waals surface area contributed by atoms with Crippen molar-refractivity contribution in [1.82, 2.24) is 10.2 Å². The molecule has 1 saturated carbocycles. The molecule has 0 radical (unpaired) electrons. The van der Waals surface area contributed by atoms with Crippen molar-refractivity contribution in [2.75, 3.05) is 11.4 Å². The molecule has 1 heterocycles. The second-order valence-corrected chi connectivity index (χ2v) is 9.66. The van der Waals surface area contributed by atoms with Crippen LogP contribution in [-0.4, -0.2) is 34.8 Å². The van der Waals surface area contributed by atoms with Crippen molar-refractivity contribution in [1.29, 1.82) is 0 Å². The van der Waals surface area contributed by atoms with Crippen molar-refractivity contribution in [3.05, 3.63) is 96.1 Å². The summed E-state index contributed by atoms with van der Waals surface area (Å²) in [5.74, 6) is 0.410. The van der Waals surface area contributed by atoms with Gasteiger partial charge < -0.3 is 15.0 Å². The van der Waals surface area contributed by atoms with E-state index in [4.69, 9.17) is 4.74 Å². The molecule has 4 amide bonds. The highest BCUT2D eigenvalue weighted by atomic mass is 16.5. The van der Waals surface area contributed by atoms with Crippen molar-refractivity contribution in [2.45, 2.75) is 50.8 Å². The highest BCUT2D eigenvalue weighted by Crippen LogP contribution is 2.35. The number of urea groups is 1. The molecule has 1 aliphatic carbocycles. The fourth-order valence-electron chi connectivity index (χ4n) is 5.09. The smallest absolute Gasteiger partial charge is 0.325 e. The van der Waals surface area contributed by atoms with Gasteiger partial charge in [-0.1, -0.05) is 73.5 Å². The van der Waals surface area contributed by atoms with Gasteiger partial charge in [-0.2, -0.15) is 0 Å². The van der Waals surface area contributed by atoms with E-state index in [0.717, 1.165) is 35.4 Å². The fraction of sp³-hybridized carbons (Fsp3) is 0.300. The molecule has 7 nitrogen and oxygen atoms in total. The van der Waals surface area contributed by atoms with Gasteiger partial charge in [-0.05, 0) is 48.2 Å². The van der Waals surface area contributed by atoms with Gasteiger partial charge in [0.25, 0.3) is 5.91 Å². The summed E-state index contributed by atoms with van der Waals surface area (Å²) in [5.41, 5.74) is 2.05. The summed E-state index contributed by atoms with van der Waals surface area (Å²) in [6.45, 7) is 0.922. The highest BCUT2D eigenvalue weighted by molar-refractivity contribution is 6.07. The summed E-state index contributed by atoms with van der Waals surface area (Å²) in [7, 11) is 0. The maximum absolute atomic E-state index is 13.4. The second kappa shape index (κ2) is 10.9. The van der Waals surface area contributed by atoms with Crippen LogP contribution < -0.4 is 15.0 Å². The van der Waals surface area contributed by atoms with Crippen LogP contribution in [0.3, 0.4) is 0 Å². The monoisotopic (exact) mass is 497 g/mol. The van der Waals surface area contributed by atoms with E-state index in [-0.39, 0.29) is 24.8 Å². The Kier molecular flexibility index (Phi) is 7.21. The molecular weight excluding hydrogens is 466 g/mol. The molecule has 2 fully saturated rings. The predicted molar refractivity (Wildman–Crippen MR) is 141 cm³/mol. The summed E-state index contributed by atoms with van der Waals surface area (Å²) >= 11 is 0. The molecule has 2 aliphatic rings.